The van der Waals surface area contributed by atoms with Crippen LogP contribution in [0, 0.1) is 0 Å². The highest BCUT2D eigenvalue weighted by molar-refractivity contribution is 5.50. The molecule has 0 bridgehead atoms. The average Bonchev–Trinajstić information content (AvgIpc) is 2.72. The predicted molar refractivity (Wildman–Crippen MR) is 64.9 cm³/mol. The lowest BCUT2D eigenvalue weighted by molar-refractivity contribution is -0.195. The summed E-state index contributed by atoms with van der Waals surface area (Å²) in [5.74, 6) is 1.24. The molecule has 1 aliphatic rings. The van der Waals surface area contributed by atoms with E-state index in [1.165, 1.54) is 7.11 Å². The molecular weight excluding hydrogens is 236 g/mol. The maximum Gasteiger partial charge on any atom is 0.184 e. The molecule has 0 spiro atoms. The minimum atomic E-state index is -1.28. The van der Waals surface area contributed by atoms with Crippen LogP contribution in [0.4, 0.5) is 0 Å². The van der Waals surface area contributed by atoms with Crippen LogP contribution in [-0.4, -0.2) is 43.4 Å². The van der Waals surface area contributed by atoms with Gasteiger partial charge < -0.3 is 24.4 Å². The van der Waals surface area contributed by atoms with Crippen LogP contribution < -0.4 is 9.47 Å². The van der Waals surface area contributed by atoms with E-state index in [9.17, 15) is 10.2 Å². The van der Waals surface area contributed by atoms with Crippen molar-refractivity contribution in [3.8, 4) is 11.5 Å². The topological polar surface area (TPSA) is 68.2 Å². The number of aliphatic hydroxyl groups excluding tert-OH is 1. The van der Waals surface area contributed by atoms with Crippen LogP contribution in [0.1, 0.15) is 11.1 Å². The van der Waals surface area contributed by atoms with Gasteiger partial charge in [0, 0.05) is 20.0 Å². The minimum Gasteiger partial charge on any atom is -0.493 e. The van der Waals surface area contributed by atoms with Gasteiger partial charge >= 0.3 is 0 Å². The molecule has 5 nitrogen and oxygen atoms in total. The lowest BCUT2D eigenvalue weighted by atomic mass is 10.00. The number of aliphatic hydroxyl groups is 2. The highest BCUT2D eigenvalue weighted by atomic mass is 16.6. The van der Waals surface area contributed by atoms with Crippen molar-refractivity contribution in [2.45, 2.75) is 24.7 Å². The molecule has 0 amide bonds. The first-order chi connectivity index (χ1) is 8.54. The summed E-state index contributed by atoms with van der Waals surface area (Å²) in [6.07, 6.45) is -0.544. The predicted octanol–water partition coefficient (Wildman–Crippen LogP) is 0.498. The Bertz CT molecular complexity index is 410. The summed E-state index contributed by atoms with van der Waals surface area (Å²) in [5, 5.41) is 20.1. The smallest absolute Gasteiger partial charge is 0.184 e. The molecule has 1 aromatic carbocycles. The summed E-state index contributed by atoms with van der Waals surface area (Å²) >= 11 is 0. The SMILES string of the molecule is COc1cc2c(cc1OC)CC(O)(C(O)OC)C2. The van der Waals surface area contributed by atoms with Gasteiger partial charge in [0.15, 0.2) is 17.8 Å². The molecule has 2 N–H and O–H groups in total. The maximum atomic E-state index is 10.4. The van der Waals surface area contributed by atoms with Gasteiger partial charge in [-0.05, 0) is 23.3 Å². The number of rotatable bonds is 4. The van der Waals surface area contributed by atoms with Crippen molar-refractivity contribution in [2.24, 2.45) is 0 Å². The Labute approximate surface area is 106 Å². The molecule has 5 heteroatoms. The van der Waals surface area contributed by atoms with Crippen molar-refractivity contribution in [1.82, 2.24) is 0 Å². The number of methoxy groups -OCH3 is 3. The first-order valence-electron chi connectivity index (χ1n) is 5.71. The molecule has 0 heterocycles. The van der Waals surface area contributed by atoms with Crippen LogP contribution in [0.2, 0.25) is 0 Å². The quantitative estimate of drug-likeness (QED) is 0.766. The zero-order valence-electron chi connectivity index (χ0n) is 10.8. The van der Waals surface area contributed by atoms with Crippen molar-refractivity contribution < 1.29 is 24.4 Å². The van der Waals surface area contributed by atoms with E-state index in [2.05, 4.69) is 0 Å². The van der Waals surface area contributed by atoms with Crippen molar-refractivity contribution in [3.05, 3.63) is 23.3 Å². The normalized spacial score (nSPS) is 18.3. The van der Waals surface area contributed by atoms with Gasteiger partial charge in [-0.3, -0.25) is 0 Å². The summed E-state index contributed by atoms with van der Waals surface area (Å²) in [7, 11) is 4.50. The summed E-state index contributed by atoms with van der Waals surface area (Å²) in [5.41, 5.74) is 0.589. The van der Waals surface area contributed by atoms with E-state index in [-0.39, 0.29) is 0 Å². The molecular formula is C13H18O5. The highest BCUT2D eigenvalue weighted by Crippen LogP contribution is 2.39. The third-order valence-electron chi connectivity index (χ3n) is 3.38. The first kappa shape index (κ1) is 13.1. The fourth-order valence-corrected chi connectivity index (χ4v) is 2.41. The summed E-state index contributed by atoms with van der Waals surface area (Å²) in [4.78, 5) is 0. The van der Waals surface area contributed by atoms with Crippen molar-refractivity contribution >= 4 is 0 Å². The van der Waals surface area contributed by atoms with E-state index < -0.39 is 11.9 Å². The van der Waals surface area contributed by atoms with Crippen LogP contribution in [0.15, 0.2) is 12.1 Å². The molecule has 18 heavy (non-hydrogen) atoms. The molecule has 0 aliphatic heterocycles. The maximum absolute atomic E-state index is 10.4. The molecule has 0 fully saturated rings. The third-order valence-corrected chi connectivity index (χ3v) is 3.38. The number of hydrogen-bond acceptors (Lipinski definition) is 5. The molecule has 1 aromatic rings. The summed E-state index contributed by atoms with van der Waals surface area (Å²) < 4.78 is 15.3. The molecule has 0 aromatic heterocycles. The Balaban J connectivity index is 2.35. The number of ether oxygens (including phenoxy) is 3. The van der Waals surface area contributed by atoms with E-state index in [4.69, 9.17) is 14.2 Å². The zero-order valence-corrected chi connectivity index (χ0v) is 10.8. The number of hydrogen-bond donors (Lipinski definition) is 2. The van der Waals surface area contributed by atoms with Gasteiger partial charge in [0.2, 0.25) is 0 Å². The second-order valence-electron chi connectivity index (χ2n) is 4.52. The van der Waals surface area contributed by atoms with Gasteiger partial charge in [-0.25, -0.2) is 0 Å². The molecule has 100 valence electrons. The van der Waals surface area contributed by atoms with Crippen LogP contribution >= 0.6 is 0 Å². The summed E-state index contributed by atoms with van der Waals surface area (Å²) in [6, 6.07) is 3.66. The molecule has 2 rings (SSSR count). The molecule has 0 saturated carbocycles. The fourth-order valence-electron chi connectivity index (χ4n) is 2.41. The molecule has 0 saturated heterocycles. The fraction of sp³-hybridized carbons (Fsp3) is 0.538. The Kier molecular flexibility index (Phi) is 3.47. The van der Waals surface area contributed by atoms with Crippen molar-refractivity contribution in [1.29, 1.82) is 0 Å². The lowest BCUT2D eigenvalue weighted by Crippen LogP contribution is -2.44. The molecule has 0 radical (unpaired) electrons. The van der Waals surface area contributed by atoms with E-state index in [1.54, 1.807) is 14.2 Å². The van der Waals surface area contributed by atoms with E-state index in [0.29, 0.717) is 24.3 Å². The molecule has 1 atom stereocenters. The van der Waals surface area contributed by atoms with Crippen LogP contribution in [0.25, 0.3) is 0 Å². The highest BCUT2D eigenvalue weighted by Gasteiger charge is 2.42. The van der Waals surface area contributed by atoms with Gasteiger partial charge in [0.25, 0.3) is 0 Å². The lowest BCUT2D eigenvalue weighted by Gasteiger charge is -2.26. The Morgan fingerprint density at radius 1 is 1.06 bits per heavy atom. The van der Waals surface area contributed by atoms with Gasteiger partial charge in [-0.2, -0.15) is 0 Å². The number of benzene rings is 1. The second kappa shape index (κ2) is 4.76. The average molecular weight is 254 g/mol. The van der Waals surface area contributed by atoms with Gasteiger partial charge in [0.1, 0.15) is 5.60 Å². The minimum absolute atomic E-state index is 0.331. The zero-order chi connectivity index (χ0) is 13.3. The number of fused-ring (bicyclic) bond motifs is 1. The Morgan fingerprint density at radius 2 is 1.50 bits per heavy atom. The second-order valence-corrected chi connectivity index (χ2v) is 4.52. The van der Waals surface area contributed by atoms with Crippen molar-refractivity contribution in [2.75, 3.05) is 21.3 Å². The van der Waals surface area contributed by atoms with E-state index in [1.807, 2.05) is 12.1 Å². The first-order valence-corrected chi connectivity index (χ1v) is 5.71. The van der Waals surface area contributed by atoms with E-state index >= 15 is 0 Å². The van der Waals surface area contributed by atoms with Gasteiger partial charge in [-0.15, -0.1) is 0 Å². The molecule has 1 aliphatic carbocycles. The Morgan fingerprint density at radius 3 is 1.83 bits per heavy atom. The van der Waals surface area contributed by atoms with Crippen LogP contribution in [-0.2, 0) is 17.6 Å². The molecule has 1 unspecified atom stereocenters. The third kappa shape index (κ3) is 2.05. The van der Waals surface area contributed by atoms with E-state index in [0.717, 1.165) is 11.1 Å². The van der Waals surface area contributed by atoms with Crippen LogP contribution in [0.5, 0.6) is 11.5 Å². The van der Waals surface area contributed by atoms with Crippen LogP contribution in [0.3, 0.4) is 0 Å². The Hall–Kier alpha value is -1.30. The monoisotopic (exact) mass is 254 g/mol. The summed E-state index contributed by atoms with van der Waals surface area (Å²) in [6.45, 7) is 0. The van der Waals surface area contributed by atoms with Gasteiger partial charge in [-0.1, -0.05) is 0 Å². The van der Waals surface area contributed by atoms with Gasteiger partial charge in [0.05, 0.1) is 14.2 Å². The standard InChI is InChI=1S/C13H18O5/c1-16-10-4-8-6-13(15,12(14)18-3)7-9(8)5-11(10)17-2/h4-5,12,14-15H,6-7H2,1-3H3. The largest absolute Gasteiger partial charge is 0.493 e. The van der Waals surface area contributed by atoms with Crippen molar-refractivity contribution in [3.63, 3.8) is 0 Å².